The van der Waals surface area contributed by atoms with Gasteiger partial charge in [-0.15, -0.1) is 0 Å². The highest BCUT2D eigenvalue weighted by Crippen LogP contribution is 2.33. The minimum absolute atomic E-state index is 0.126. The summed E-state index contributed by atoms with van der Waals surface area (Å²) in [5.41, 5.74) is 3.98. The van der Waals surface area contributed by atoms with Crippen LogP contribution in [-0.4, -0.2) is 36.0 Å². The lowest BCUT2D eigenvalue weighted by molar-refractivity contribution is 0.199. The SMILES string of the molecule is Cc1ccc2nc(CN3CCC[C@@H]3c3nc(-c4ccccn4)no3)cn2c1. The van der Waals surface area contributed by atoms with Gasteiger partial charge in [0.15, 0.2) is 0 Å². The molecule has 0 aliphatic carbocycles. The van der Waals surface area contributed by atoms with E-state index in [1.807, 2.05) is 18.2 Å². The lowest BCUT2D eigenvalue weighted by Gasteiger charge is -2.19. The van der Waals surface area contributed by atoms with Crippen LogP contribution in [0.4, 0.5) is 0 Å². The first-order valence-corrected chi connectivity index (χ1v) is 9.19. The number of aryl methyl sites for hydroxylation is 1. The molecule has 5 heterocycles. The fourth-order valence-electron chi connectivity index (χ4n) is 3.70. The zero-order valence-corrected chi connectivity index (χ0v) is 15.1. The largest absolute Gasteiger partial charge is 0.337 e. The van der Waals surface area contributed by atoms with Crippen molar-refractivity contribution in [3.05, 3.63) is 66.1 Å². The zero-order valence-electron chi connectivity index (χ0n) is 15.1. The first-order valence-electron chi connectivity index (χ1n) is 9.19. The van der Waals surface area contributed by atoms with E-state index < -0.39 is 0 Å². The first kappa shape index (κ1) is 16.1. The van der Waals surface area contributed by atoms with Crippen molar-refractivity contribution >= 4 is 5.65 Å². The second-order valence-corrected chi connectivity index (χ2v) is 7.00. The molecule has 0 spiro atoms. The fraction of sp³-hybridized carbons (Fsp3) is 0.300. The molecule has 0 amide bonds. The van der Waals surface area contributed by atoms with E-state index in [1.165, 1.54) is 5.56 Å². The van der Waals surface area contributed by atoms with Gasteiger partial charge >= 0.3 is 0 Å². The van der Waals surface area contributed by atoms with Crippen molar-refractivity contribution in [3.8, 4) is 11.5 Å². The van der Waals surface area contributed by atoms with E-state index in [0.717, 1.165) is 43.0 Å². The van der Waals surface area contributed by atoms with Gasteiger partial charge in [0.05, 0.1) is 11.7 Å². The molecule has 4 aromatic rings. The summed E-state index contributed by atoms with van der Waals surface area (Å²) in [5.74, 6) is 1.20. The third-order valence-corrected chi connectivity index (χ3v) is 5.00. The molecule has 1 aliphatic rings. The fourth-order valence-corrected chi connectivity index (χ4v) is 3.70. The number of hydrogen-bond acceptors (Lipinski definition) is 6. The Kier molecular flexibility index (Phi) is 3.94. The van der Waals surface area contributed by atoms with Crippen LogP contribution in [0.5, 0.6) is 0 Å². The summed E-state index contributed by atoms with van der Waals surface area (Å²) in [6.45, 7) is 3.86. The molecule has 7 heteroatoms. The van der Waals surface area contributed by atoms with E-state index in [1.54, 1.807) is 6.20 Å². The van der Waals surface area contributed by atoms with Crippen LogP contribution in [0, 0.1) is 6.92 Å². The Morgan fingerprint density at radius 1 is 1.15 bits per heavy atom. The summed E-state index contributed by atoms with van der Waals surface area (Å²) in [7, 11) is 0. The Balaban J connectivity index is 1.38. The summed E-state index contributed by atoms with van der Waals surface area (Å²) in [6, 6.07) is 9.95. The van der Waals surface area contributed by atoms with Gasteiger partial charge < -0.3 is 8.92 Å². The number of aromatic nitrogens is 5. The number of fused-ring (bicyclic) bond motifs is 1. The summed E-state index contributed by atoms with van der Waals surface area (Å²) >= 11 is 0. The summed E-state index contributed by atoms with van der Waals surface area (Å²) in [4.78, 5) is 16.0. The Hall–Kier alpha value is -3.06. The van der Waals surface area contributed by atoms with E-state index in [4.69, 9.17) is 9.51 Å². The van der Waals surface area contributed by atoms with Gasteiger partial charge in [0.25, 0.3) is 0 Å². The van der Waals surface area contributed by atoms with Gasteiger partial charge in [-0.3, -0.25) is 9.88 Å². The highest BCUT2D eigenvalue weighted by atomic mass is 16.5. The van der Waals surface area contributed by atoms with Gasteiger partial charge in [0.2, 0.25) is 11.7 Å². The monoisotopic (exact) mass is 360 g/mol. The van der Waals surface area contributed by atoms with Crippen LogP contribution < -0.4 is 0 Å². The van der Waals surface area contributed by atoms with E-state index in [-0.39, 0.29) is 6.04 Å². The van der Waals surface area contributed by atoms with Crippen molar-refractivity contribution in [1.29, 1.82) is 0 Å². The van der Waals surface area contributed by atoms with Crippen molar-refractivity contribution in [2.24, 2.45) is 0 Å². The van der Waals surface area contributed by atoms with Crippen LogP contribution >= 0.6 is 0 Å². The zero-order chi connectivity index (χ0) is 18.2. The summed E-state index contributed by atoms with van der Waals surface area (Å²) < 4.78 is 7.66. The third kappa shape index (κ3) is 3.10. The van der Waals surface area contributed by atoms with Crippen LogP contribution in [-0.2, 0) is 6.54 Å². The number of hydrogen-bond donors (Lipinski definition) is 0. The quantitative estimate of drug-likeness (QED) is 0.555. The Labute approximate surface area is 156 Å². The molecular weight excluding hydrogens is 340 g/mol. The van der Waals surface area contributed by atoms with Crippen molar-refractivity contribution in [2.45, 2.75) is 32.4 Å². The lowest BCUT2D eigenvalue weighted by Crippen LogP contribution is -2.23. The summed E-state index contributed by atoms with van der Waals surface area (Å²) in [6.07, 6.45) is 8.06. The first-order chi connectivity index (χ1) is 13.3. The second kappa shape index (κ2) is 6.59. The van der Waals surface area contributed by atoms with Crippen LogP contribution in [0.2, 0.25) is 0 Å². The highest BCUT2D eigenvalue weighted by molar-refractivity contribution is 5.47. The summed E-state index contributed by atoms with van der Waals surface area (Å²) in [5, 5.41) is 4.12. The molecule has 0 saturated carbocycles. The topological polar surface area (TPSA) is 72.3 Å². The predicted molar refractivity (Wildman–Crippen MR) is 99.8 cm³/mol. The Morgan fingerprint density at radius 2 is 2.11 bits per heavy atom. The van der Waals surface area contributed by atoms with E-state index in [0.29, 0.717) is 11.7 Å². The van der Waals surface area contributed by atoms with E-state index >= 15 is 0 Å². The smallest absolute Gasteiger partial charge is 0.244 e. The molecule has 0 bridgehead atoms. The molecule has 0 radical (unpaired) electrons. The maximum absolute atomic E-state index is 5.58. The Morgan fingerprint density at radius 3 is 3.00 bits per heavy atom. The van der Waals surface area contributed by atoms with E-state index in [2.05, 4.69) is 55.9 Å². The van der Waals surface area contributed by atoms with Crippen LogP contribution in [0.1, 0.15) is 36.0 Å². The van der Waals surface area contributed by atoms with Crippen molar-refractivity contribution in [1.82, 2.24) is 29.4 Å². The molecule has 1 atom stereocenters. The third-order valence-electron chi connectivity index (χ3n) is 5.00. The number of pyridine rings is 2. The average Bonchev–Trinajstić information content (AvgIpc) is 3.41. The molecule has 0 unspecified atom stereocenters. The van der Waals surface area contributed by atoms with Crippen LogP contribution in [0.25, 0.3) is 17.2 Å². The number of nitrogens with zero attached hydrogens (tertiary/aromatic N) is 6. The van der Waals surface area contributed by atoms with E-state index in [9.17, 15) is 0 Å². The van der Waals surface area contributed by atoms with Gasteiger partial charge in [0.1, 0.15) is 11.3 Å². The van der Waals surface area contributed by atoms with Gasteiger partial charge in [-0.1, -0.05) is 17.3 Å². The normalized spacial score (nSPS) is 17.7. The maximum atomic E-state index is 5.58. The number of likely N-dealkylation sites (tertiary alicyclic amines) is 1. The molecule has 1 saturated heterocycles. The van der Waals surface area contributed by atoms with Gasteiger partial charge in [-0.2, -0.15) is 4.98 Å². The second-order valence-electron chi connectivity index (χ2n) is 7.00. The minimum atomic E-state index is 0.126. The Bertz CT molecular complexity index is 1070. The standard InChI is InChI=1S/C20H20N6O/c1-14-7-8-18-22-15(13-26(18)11-14)12-25-10-4-6-17(25)20-23-19(24-27-20)16-5-2-3-9-21-16/h2-3,5,7-9,11,13,17H,4,6,10,12H2,1H3/t17-/m1/s1. The molecule has 1 aliphatic heterocycles. The molecule has 5 rings (SSSR count). The molecule has 0 N–H and O–H groups in total. The highest BCUT2D eigenvalue weighted by Gasteiger charge is 2.31. The molecule has 136 valence electrons. The van der Waals surface area contributed by atoms with Crippen LogP contribution in [0.3, 0.4) is 0 Å². The number of rotatable bonds is 4. The lowest BCUT2D eigenvalue weighted by atomic mass is 10.2. The molecule has 0 aromatic carbocycles. The number of imidazole rings is 1. The van der Waals surface area contributed by atoms with Crippen molar-refractivity contribution < 1.29 is 4.52 Å². The van der Waals surface area contributed by atoms with Crippen molar-refractivity contribution in [3.63, 3.8) is 0 Å². The molecule has 4 aromatic heterocycles. The van der Waals surface area contributed by atoms with Gasteiger partial charge in [0, 0.05) is 25.1 Å². The minimum Gasteiger partial charge on any atom is -0.337 e. The predicted octanol–water partition coefficient (Wildman–Crippen LogP) is 3.42. The molecule has 1 fully saturated rings. The van der Waals surface area contributed by atoms with Crippen molar-refractivity contribution in [2.75, 3.05) is 6.54 Å². The average molecular weight is 360 g/mol. The molecular formula is C20H20N6O. The molecule has 27 heavy (non-hydrogen) atoms. The maximum Gasteiger partial charge on any atom is 0.244 e. The molecule has 7 nitrogen and oxygen atoms in total. The van der Waals surface area contributed by atoms with Gasteiger partial charge in [-0.05, 0) is 50.1 Å². The van der Waals surface area contributed by atoms with Crippen LogP contribution in [0.15, 0.2) is 53.4 Å². The van der Waals surface area contributed by atoms with Gasteiger partial charge in [-0.25, -0.2) is 4.98 Å².